The number of aliphatic hydroxyl groups is 12. The Morgan fingerprint density at radius 2 is 1.29 bits per heavy atom. The molecular formula is C52H82O21. The van der Waals surface area contributed by atoms with Crippen LogP contribution in [-0.2, 0) is 42.7 Å². The fraction of sp³-hybridized carbons (Fsp3) is 0.904. The lowest BCUT2D eigenvalue weighted by molar-refractivity contribution is -0.388. The van der Waals surface area contributed by atoms with Crippen LogP contribution in [0.15, 0.2) is 23.8 Å². The van der Waals surface area contributed by atoms with Crippen molar-refractivity contribution in [1.29, 1.82) is 0 Å². The number of carbonyl (C=O) groups is 1. The van der Waals surface area contributed by atoms with E-state index in [4.69, 9.17) is 37.9 Å². The van der Waals surface area contributed by atoms with Crippen LogP contribution in [-0.4, -0.2) is 210 Å². The van der Waals surface area contributed by atoms with Crippen LogP contribution >= 0.6 is 0 Å². The van der Waals surface area contributed by atoms with Gasteiger partial charge >= 0.3 is 5.97 Å². The van der Waals surface area contributed by atoms with Crippen molar-refractivity contribution < 1.29 is 104 Å². The molecule has 1 unspecified atom stereocenters. The molecule has 21 heteroatoms. The number of carbonyl (C=O) groups excluding carboxylic acids is 1. The van der Waals surface area contributed by atoms with Crippen LogP contribution in [0.5, 0.6) is 0 Å². The summed E-state index contributed by atoms with van der Waals surface area (Å²) in [6.07, 6.45) is -20.7. The van der Waals surface area contributed by atoms with Gasteiger partial charge in [-0.05, 0) is 105 Å². The third kappa shape index (κ3) is 9.02. The molecule has 416 valence electrons. The third-order valence-electron chi connectivity index (χ3n) is 20.4. The van der Waals surface area contributed by atoms with Gasteiger partial charge in [0.15, 0.2) is 18.9 Å². The van der Waals surface area contributed by atoms with E-state index in [-0.39, 0.29) is 34.0 Å². The van der Waals surface area contributed by atoms with Gasteiger partial charge in [-0.15, -0.1) is 0 Å². The lowest BCUT2D eigenvalue weighted by Crippen LogP contribution is -2.67. The number of hydrogen-bond acceptors (Lipinski definition) is 21. The minimum Gasteiger partial charge on any atom is -0.432 e. The normalized spacial score (nSPS) is 54.0. The summed E-state index contributed by atoms with van der Waals surface area (Å²) >= 11 is 0. The SMILES string of the molecule is C=C1CC[C@]2(C(=O)O[C@@H]3O[C@H](CO)[C@@H](O)[C@H](O)[C@H]3O)CC[C@]3(C)C(=CC[C@@H]4[C@@]5(C)CC[C@H](O[C@@H]6O[C@H](CO)[C@@H](O[C@@H]7O[C@@H](C)[C@H](O)[C@@H](O)[C@H]7O)[C@H](O[C@@H]7OC[C@H](O)[C@H](O)[C@H]7O)[C@H]6O)C(C)(C)C5CC[C@]43C)[C@@H]2C1. The van der Waals surface area contributed by atoms with Gasteiger partial charge < -0.3 is 99.2 Å². The van der Waals surface area contributed by atoms with Crippen LogP contribution in [0.1, 0.15) is 106 Å². The van der Waals surface area contributed by atoms with Gasteiger partial charge in [-0.2, -0.15) is 0 Å². The summed E-state index contributed by atoms with van der Waals surface area (Å²) in [5, 5.41) is 128. The molecule has 4 heterocycles. The zero-order valence-corrected chi connectivity index (χ0v) is 42.8. The van der Waals surface area contributed by atoms with Crippen molar-refractivity contribution in [2.24, 2.45) is 44.8 Å². The number of allylic oxidation sites excluding steroid dienone is 3. The van der Waals surface area contributed by atoms with Gasteiger partial charge in [-0.1, -0.05) is 58.4 Å². The predicted octanol–water partition coefficient (Wildman–Crippen LogP) is -0.839. The zero-order chi connectivity index (χ0) is 53.1. The highest BCUT2D eigenvalue weighted by molar-refractivity contribution is 5.79. The minimum absolute atomic E-state index is 0.117. The lowest BCUT2D eigenvalue weighted by atomic mass is 9.34. The van der Waals surface area contributed by atoms with Gasteiger partial charge in [-0.3, -0.25) is 4.79 Å². The molecule has 0 spiro atoms. The Morgan fingerprint density at radius 1 is 0.658 bits per heavy atom. The molecule has 27 atom stereocenters. The summed E-state index contributed by atoms with van der Waals surface area (Å²) in [5.41, 5.74) is 0.0640. The second kappa shape index (κ2) is 20.4. The van der Waals surface area contributed by atoms with E-state index in [1.54, 1.807) is 0 Å². The molecule has 0 aromatic carbocycles. The van der Waals surface area contributed by atoms with Crippen molar-refractivity contribution in [2.75, 3.05) is 19.8 Å². The van der Waals surface area contributed by atoms with Crippen LogP contribution in [0.25, 0.3) is 0 Å². The van der Waals surface area contributed by atoms with Crippen molar-refractivity contribution in [2.45, 2.75) is 229 Å². The lowest BCUT2D eigenvalue weighted by Gasteiger charge is -2.71. The largest absolute Gasteiger partial charge is 0.432 e. The number of rotatable bonds is 10. The van der Waals surface area contributed by atoms with E-state index in [2.05, 4.69) is 47.3 Å². The molecule has 4 saturated carbocycles. The number of ether oxygens (including phenoxy) is 8. The monoisotopic (exact) mass is 1040 g/mol. The van der Waals surface area contributed by atoms with E-state index >= 15 is 0 Å². The predicted molar refractivity (Wildman–Crippen MR) is 251 cm³/mol. The van der Waals surface area contributed by atoms with Gasteiger partial charge in [0.25, 0.3) is 0 Å². The maximum absolute atomic E-state index is 14.6. The van der Waals surface area contributed by atoms with Crippen LogP contribution in [0, 0.1) is 44.8 Å². The van der Waals surface area contributed by atoms with Crippen LogP contribution in [0.4, 0.5) is 0 Å². The number of hydrogen-bond donors (Lipinski definition) is 12. The first-order valence-corrected chi connectivity index (χ1v) is 26.4. The second-order valence-electron chi connectivity index (χ2n) is 24.4. The van der Waals surface area contributed by atoms with Crippen molar-refractivity contribution in [3.8, 4) is 0 Å². The van der Waals surface area contributed by atoms with Gasteiger partial charge in [0, 0.05) is 5.92 Å². The molecule has 21 nitrogen and oxygen atoms in total. The molecule has 0 bridgehead atoms. The van der Waals surface area contributed by atoms with E-state index in [9.17, 15) is 66.1 Å². The average molecular weight is 1040 g/mol. The summed E-state index contributed by atoms with van der Waals surface area (Å²) in [6, 6.07) is 0. The summed E-state index contributed by atoms with van der Waals surface area (Å²) in [6.45, 7) is 15.5. The fourth-order valence-corrected chi connectivity index (χ4v) is 15.8. The first-order valence-electron chi connectivity index (χ1n) is 26.4. The van der Waals surface area contributed by atoms with E-state index in [0.29, 0.717) is 38.5 Å². The molecule has 0 aromatic heterocycles. The molecule has 0 radical (unpaired) electrons. The van der Waals surface area contributed by atoms with Gasteiger partial charge in [0.1, 0.15) is 85.5 Å². The van der Waals surface area contributed by atoms with Gasteiger partial charge in [0.2, 0.25) is 6.29 Å². The molecule has 0 aromatic rings. The molecule has 4 aliphatic heterocycles. The third-order valence-corrected chi connectivity index (χ3v) is 20.4. The minimum atomic E-state index is -1.78. The van der Waals surface area contributed by atoms with Gasteiger partial charge in [-0.25, -0.2) is 0 Å². The summed E-state index contributed by atoms with van der Waals surface area (Å²) in [5.74, 6) is -0.436. The van der Waals surface area contributed by atoms with Gasteiger partial charge in [0.05, 0.1) is 37.4 Å². The molecule has 5 aliphatic carbocycles. The molecule has 73 heavy (non-hydrogen) atoms. The van der Waals surface area contributed by atoms with Crippen molar-refractivity contribution >= 4 is 5.97 Å². The highest BCUT2D eigenvalue weighted by atomic mass is 16.8. The zero-order valence-electron chi connectivity index (χ0n) is 42.8. The number of fused-ring (bicyclic) bond motifs is 7. The van der Waals surface area contributed by atoms with Crippen molar-refractivity contribution in [3.63, 3.8) is 0 Å². The van der Waals surface area contributed by atoms with Crippen LogP contribution < -0.4 is 0 Å². The Bertz CT molecular complexity index is 2040. The Hall–Kier alpha value is -1.81. The quantitative estimate of drug-likeness (QED) is 0.0721. The van der Waals surface area contributed by atoms with E-state index in [1.165, 1.54) is 12.5 Å². The number of aliphatic hydroxyl groups excluding tert-OH is 12. The molecule has 9 aliphatic rings. The molecule has 8 fully saturated rings. The maximum Gasteiger partial charge on any atom is 0.315 e. The number of esters is 1. The maximum atomic E-state index is 14.6. The van der Waals surface area contributed by atoms with Crippen molar-refractivity contribution in [1.82, 2.24) is 0 Å². The Morgan fingerprint density at radius 3 is 1.99 bits per heavy atom. The average Bonchev–Trinajstić information content (AvgIpc) is 3.35. The highest BCUT2D eigenvalue weighted by Gasteiger charge is 2.70. The Labute approximate surface area is 426 Å². The first kappa shape index (κ1) is 55.9. The van der Waals surface area contributed by atoms with Crippen LogP contribution in [0.2, 0.25) is 0 Å². The Kier molecular flexibility index (Phi) is 15.7. The molecule has 12 N–H and O–H groups in total. The van der Waals surface area contributed by atoms with Crippen LogP contribution in [0.3, 0.4) is 0 Å². The van der Waals surface area contributed by atoms with E-state index in [1.807, 2.05) is 0 Å². The van der Waals surface area contributed by atoms with Crippen molar-refractivity contribution in [3.05, 3.63) is 23.8 Å². The topological polar surface area (TPSA) is 334 Å². The molecular weight excluding hydrogens is 961 g/mol. The Balaban J connectivity index is 0.949. The molecule has 9 rings (SSSR count). The standard InChI is InChI=1S/C52H82O21/c1-22-10-15-52(47(65)73-45-39(63)36(60)34(58)27(19-53)68-45)17-16-50(6)24(25(52)18-22)8-9-30-49(5)13-12-31(48(3,4)29(49)11-14-51(30,50)7)70-46-40(64)42(72-43-37(61)33(57)26(55)21-66-43)41(28(20-54)69-46)71-44-38(62)35(59)32(56)23(2)67-44/h8,23,25-46,53-64H,1,9-21H2,2-7H3/t23-,25-,26-,27+,28+,29?,30+,31-,32-,33-,34+,35+,36-,37+,38+,39+,40+,41+,42+,43-,44-,45-,46-,49-,50+,51+,52-/m0/s1. The van der Waals surface area contributed by atoms with E-state index in [0.717, 1.165) is 31.3 Å². The fourth-order valence-electron chi connectivity index (χ4n) is 15.8. The summed E-state index contributed by atoms with van der Waals surface area (Å²) in [4.78, 5) is 14.6. The highest BCUT2D eigenvalue weighted by Crippen LogP contribution is 2.75. The second-order valence-corrected chi connectivity index (χ2v) is 24.4. The summed E-state index contributed by atoms with van der Waals surface area (Å²) < 4.78 is 48.3. The summed E-state index contributed by atoms with van der Waals surface area (Å²) in [7, 11) is 0. The van der Waals surface area contributed by atoms with E-state index < -0.39 is 159 Å². The molecule has 0 amide bonds. The smallest absolute Gasteiger partial charge is 0.315 e. The molecule has 4 saturated heterocycles. The first-order chi connectivity index (χ1) is 34.3.